The quantitative estimate of drug-likeness (QED) is 0.720. The van der Waals surface area contributed by atoms with E-state index >= 15 is 0 Å². The molecule has 0 saturated heterocycles. The van der Waals surface area contributed by atoms with Gasteiger partial charge < -0.3 is 14.3 Å². The second kappa shape index (κ2) is 6.40. The zero-order chi connectivity index (χ0) is 11.1. The number of nitrogens with two attached hydrogens (primary N) is 1. The van der Waals surface area contributed by atoms with E-state index in [4.69, 9.17) is 15.4 Å². The van der Waals surface area contributed by atoms with Crippen LogP contribution in [-0.4, -0.2) is 20.8 Å². The number of benzene rings is 1. The Labute approximate surface area is 89.9 Å². The van der Waals surface area contributed by atoms with Crippen LogP contribution in [0.1, 0.15) is 11.1 Å². The van der Waals surface area contributed by atoms with E-state index in [1.807, 2.05) is 18.2 Å². The zero-order valence-corrected chi connectivity index (χ0v) is 9.16. The first-order valence-electron chi connectivity index (χ1n) is 4.78. The predicted molar refractivity (Wildman–Crippen MR) is 57.6 cm³/mol. The molecule has 0 unspecified atom stereocenters. The molecule has 0 spiro atoms. The smallest absolute Gasteiger partial charge is 0.124 e. The Morgan fingerprint density at radius 1 is 1.27 bits per heavy atom. The average Bonchev–Trinajstić information content (AvgIpc) is 2.28. The Morgan fingerprint density at radius 2 is 2.07 bits per heavy atom. The third-order valence-corrected chi connectivity index (χ3v) is 2.23. The fraction of sp³-hybridized carbons (Fsp3) is 0.455. The van der Waals surface area contributed by atoms with E-state index in [2.05, 4.69) is 4.84 Å². The summed E-state index contributed by atoms with van der Waals surface area (Å²) in [5.74, 6) is 5.85. The molecule has 4 nitrogen and oxygen atoms in total. The molecule has 1 aromatic rings. The van der Waals surface area contributed by atoms with Gasteiger partial charge in [0.15, 0.2) is 0 Å². The third-order valence-electron chi connectivity index (χ3n) is 2.23. The topological polar surface area (TPSA) is 53.7 Å². The first kappa shape index (κ1) is 12.0. The maximum Gasteiger partial charge on any atom is 0.124 e. The van der Waals surface area contributed by atoms with Crippen molar-refractivity contribution in [1.82, 2.24) is 0 Å². The summed E-state index contributed by atoms with van der Waals surface area (Å²) in [4.78, 5) is 4.57. The molecule has 0 radical (unpaired) electrons. The van der Waals surface area contributed by atoms with E-state index in [0.29, 0.717) is 13.2 Å². The molecule has 0 amide bonds. The van der Waals surface area contributed by atoms with Crippen molar-refractivity contribution < 1.29 is 14.3 Å². The van der Waals surface area contributed by atoms with Crippen molar-refractivity contribution in [2.24, 2.45) is 5.90 Å². The molecule has 15 heavy (non-hydrogen) atoms. The summed E-state index contributed by atoms with van der Waals surface area (Å²) >= 11 is 0. The van der Waals surface area contributed by atoms with Crippen LogP contribution >= 0.6 is 0 Å². The van der Waals surface area contributed by atoms with Crippen LogP contribution in [0.3, 0.4) is 0 Å². The molecule has 0 aliphatic rings. The van der Waals surface area contributed by atoms with E-state index in [-0.39, 0.29) is 0 Å². The van der Waals surface area contributed by atoms with Crippen molar-refractivity contribution in [2.75, 3.05) is 20.8 Å². The molecule has 0 aliphatic heterocycles. The first-order chi connectivity index (χ1) is 7.33. The Hall–Kier alpha value is -1.10. The van der Waals surface area contributed by atoms with Crippen LogP contribution in [0, 0.1) is 0 Å². The van der Waals surface area contributed by atoms with Gasteiger partial charge in [0.05, 0.1) is 20.3 Å². The van der Waals surface area contributed by atoms with Crippen LogP contribution in [0.2, 0.25) is 0 Å². The lowest BCUT2D eigenvalue weighted by Gasteiger charge is -2.12. The van der Waals surface area contributed by atoms with Crippen molar-refractivity contribution in [3.05, 3.63) is 29.3 Å². The molecule has 0 heterocycles. The minimum atomic E-state index is 0.490. The van der Waals surface area contributed by atoms with E-state index < -0.39 is 0 Å². The van der Waals surface area contributed by atoms with Gasteiger partial charge in [-0.05, 0) is 18.1 Å². The normalized spacial score (nSPS) is 10.3. The lowest BCUT2D eigenvalue weighted by molar-refractivity contribution is 0.140. The second-order valence-electron chi connectivity index (χ2n) is 3.15. The molecule has 0 aromatic heterocycles. The summed E-state index contributed by atoms with van der Waals surface area (Å²) in [6.45, 7) is 1.02. The highest BCUT2D eigenvalue weighted by molar-refractivity contribution is 5.40. The van der Waals surface area contributed by atoms with Gasteiger partial charge >= 0.3 is 0 Å². The van der Waals surface area contributed by atoms with Gasteiger partial charge in [-0.25, -0.2) is 5.90 Å². The maximum absolute atomic E-state index is 5.27. The van der Waals surface area contributed by atoms with Crippen molar-refractivity contribution in [3.63, 3.8) is 0 Å². The fourth-order valence-electron chi connectivity index (χ4n) is 1.51. The van der Waals surface area contributed by atoms with E-state index in [1.54, 1.807) is 14.2 Å². The molecule has 0 fully saturated rings. The first-order valence-corrected chi connectivity index (χ1v) is 4.78. The van der Waals surface area contributed by atoms with Gasteiger partial charge in [-0.2, -0.15) is 0 Å². The lowest BCUT2D eigenvalue weighted by atomic mass is 10.0. The minimum Gasteiger partial charge on any atom is -0.496 e. The number of rotatable bonds is 6. The highest BCUT2D eigenvalue weighted by Gasteiger charge is 2.08. The van der Waals surface area contributed by atoms with Crippen LogP contribution in [0.25, 0.3) is 0 Å². The van der Waals surface area contributed by atoms with Crippen LogP contribution in [0.5, 0.6) is 5.75 Å². The third kappa shape index (κ3) is 3.20. The van der Waals surface area contributed by atoms with Gasteiger partial charge in [0.1, 0.15) is 5.75 Å². The summed E-state index contributed by atoms with van der Waals surface area (Å²) in [5, 5.41) is 0. The van der Waals surface area contributed by atoms with Gasteiger partial charge in [-0.1, -0.05) is 12.1 Å². The van der Waals surface area contributed by atoms with E-state index in [9.17, 15) is 0 Å². The summed E-state index contributed by atoms with van der Waals surface area (Å²) in [6, 6.07) is 5.89. The standard InChI is InChI=1S/C11H17NO3/c1-13-8-10-9(6-7-15-12)4-3-5-11(10)14-2/h3-5H,6-8,12H2,1-2H3. The Kier molecular flexibility index (Phi) is 5.10. The summed E-state index contributed by atoms with van der Waals surface area (Å²) in [5.41, 5.74) is 2.20. The van der Waals surface area contributed by atoms with Crippen LogP contribution in [0.4, 0.5) is 0 Å². The number of hydrogen-bond acceptors (Lipinski definition) is 4. The van der Waals surface area contributed by atoms with Crippen molar-refractivity contribution in [3.8, 4) is 5.75 Å². The zero-order valence-electron chi connectivity index (χ0n) is 9.16. The van der Waals surface area contributed by atoms with Crippen LogP contribution < -0.4 is 10.6 Å². The van der Waals surface area contributed by atoms with Gasteiger partial charge in [0.25, 0.3) is 0 Å². The van der Waals surface area contributed by atoms with E-state index in [1.165, 1.54) is 0 Å². The molecular formula is C11H17NO3. The molecule has 0 atom stereocenters. The number of ether oxygens (including phenoxy) is 2. The number of methoxy groups -OCH3 is 2. The molecule has 1 rings (SSSR count). The molecule has 1 aromatic carbocycles. The summed E-state index contributed by atoms with van der Waals surface area (Å²) in [6.07, 6.45) is 0.756. The highest BCUT2D eigenvalue weighted by Crippen LogP contribution is 2.23. The summed E-state index contributed by atoms with van der Waals surface area (Å²) < 4.78 is 10.4. The van der Waals surface area contributed by atoms with Gasteiger partial charge in [-0.15, -0.1) is 0 Å². The van der Waals surface area contributed by atoms with Crippen LogP contribution in [-0.2, 0) is 22.6 Å². The van der Waals surface area contributed by atoms with Crippen molar-refractivity contribution in [1.29, 1.82) is 0 Å². The second-order valence-corrected chi connectivity index (χ2v) is 3.15. The van der Waals surface area contributed by atoms with Crippen molar-refractivity contribution >= 4 is 0 Å². The molecule has 0 saturated carbocycles. The Balaban J connectivity index is 2.90. The van der Waals surface area contributed by atoms with E-state index in [0.717, 1.165) is 23.3 Å². The molecule has 4 heteroatoms. The monoisotopic (exact) mass is 211 g/mol. The molecule has 0 bridgehead atoms. The predicted octanol–water partition coefficient (Wildman–Crippen LogP) is 1.27. The molecule has 0 aliphatic carbocycles. The van der Waals surface area contributed by atoms with Crippen LogP contribution in [0.15, 0.2) is 18.2 Å². The molecule has 84 valence electrons. The number of hydrogen-bond donors (Lipinski definition) is 1. The Morgan fingerprint density at radius 3 is 2.67 bits per heavy atom. The maximum atomic E-state index is 5.27. The van der Waals surface area contributed by atoms with Gasteiger partial charge in [0.2, 0.25) is 0 Å². The Bertz CT molecular complexity index is 302. The minimum absolute atomic E-state index is 0.490. The van der Waals surface area contributed by atoms with Crippen molar-refractivity contribution in [2.45, 2.75) is 13.0 Å². The van der Waals surface area contributed by atoms with Gasteiger partial charge in [0, 0.05) is 12.7 Å². The molecule has 2 N–H and O–H groups in total. The lowest BCUT2D eigenvalue weighted by Crippen LogP contribution is -2.07. The van der Waals surface area contributed by atoms with Gasteiger partial charge in [-0.3, -0.25) is 0 Å². The SMILES string of the molecule is COCc1c(CCON)cccc1OC. The average molecular weight is 211 g/mol. The summed E-state index contributed by atoms with van der Waals surface area (Å²) in [7, 11) is 3.31. The largest absolute Gasteiger partial charge is 0.496 e. The molecular weight excluding hydrogens is 194 g/mol. The fourth-order valence-corrected chi connectivity index (χ4v) is 1.51. The highest BCUT2D eigenvalue weighted by atomic mass is 16.6.